The highest BCUT2D eigenvalue weighted by atomic mass is 35.5. The monoisotopic (exact) mass is 241 g/mol. The Morgan fingerprint density at radius 1 is 1.19 bits per heavy atom. The summed E-state index contributed by atoms with van der Waals surface area (Å²) in [5.74, 6) is 0.585. The molecule has 1 aromatic rings. The van der Waals surface area contributed by atoms with Crippen molar-refractivity contribution in [3.8, 4) is 5.75 Å². The van der Waals surface area contributed by atoms with Crippen molar-refractivity contribution >= 4 is 11.6 Å². The second-order valence-corrected chi connectivity index (χ2v) is 4.81. The maximum absolute atomic E-state index is 9.85. The van der Waals surface area contributed by atoms with Crippen LogP contribution in [0.5, 0.6) is 5.75 Å². The van der Waals surface area contributed by atoms with Crippen molar-refractivity contribution in [3.63, 3.8) is 0 Å². The van der Waals surface area contributed by atoms with Gasteiger partial charge in [0, 0.05) is 0 Å². The first-order valence-corrected chi connectivity index (χ1v) is 5.97. The quantitative estimate of drug-likeness (QED) is 0.852. The zero-order valence-electron chi connectivity index (χ0n) is 10.4. The van der Waals surface area contributed by atoms with Crippen LogP contribution in [0, 0.1) is 20.8 Å². The Bertz CT molecular complexity index is 372. The van der Waals surface area contributed by atoms with Gasteiger partial charge in [-0.25, -0.2) is 0 Å². The van der Waals surface area contributed by atoms with E-state index in [1.165, 1.54) is 5.56 Å². The number of halogens is 1. The van der Waals surface area contributed by atoms with Crippen molar-refractivity contribution in [3.05, 3.63) is 27.3 Å². The summed E-state index contributed by atoms with van der Waals surface area (Å²) in [5, 5.41) is 10.3. The number of phenolic OH excluding ortho intramolecular Hbond substituents is 1. The third kappa shape index (κ3) is 2.18. The Hall–Kier alpha value is -0.730. The van der Waals surface area contributed by atoms with E-state index in [9.17, 15) is 5.11 Å². The van der Waals surface area contributed by atoms with Gasteiger partial charge >= 0.3 is 0 Å². The van der Waals surface area contributed by atoms with Crippen molar-refractivity contribution in [2.24, 2.45) is 5.73 Å². The molecule has 3 heteroatoms. The molecule has 3 N–H and O–H groups in total. The first-order chi connectivity index (χ1) is 7.41. The lowest BCUT2D eigenvalue weighted by Crippen LogP contribution is -2.08. The molecule has 0 saturated carbocycles. The maximum atomic E-state index is 9.85. The largest absolute Gasteiger partial charge is 0.506 e. The second kappa shape index (κ2) is 5.07. The van der Waals surface area contributed by atoms with Gasteiger partial charge in [-0.2, -0.15) is 0 Å². The number of aromatic hydroxyl groups is 1. The van der Waals surface area contributed by atoms with Crippen LogP contribution >= 0.6 is 11.6 Å². The van der Waals surface area contributed by atoms with Crippen LogP contribution in [0.15, 0.2) is 0 Å². The van der Waals surface area contributed by atoms with E-state index >= 15 is 0 Å². The molecule has 0 aromatic heterocycles. The molecule has 0 saturated heterocycles. The number of hydrogen-bond acceptors (Lipinski definition) is 2. The van der Waals surface area contributed by atoms with Crippen LogP contribution in [0.1, 0.15) is 41.5 Å². The summed E-state index contributed by atoms with van der Waals surface area (Å²) in [6, 6.07) is 0. The van der Waals surface area contributed by atoms with Gasteiger partial charge in [0.05, 0.1) is 5.02 Å². The van der Waals surface area contributed by atoms with Crippen LogP contribution in [-0.2, 0) is 0 Å². The fourth-order valence-electron chi connectivity index (χ4n) is 2.25. The minimum atomic E-state index is 0.209. The van der Waals surface area contributed by atoms with Crippen LogP contribution in [-0.4, -0.2) is 11.7 Å². The maximum Gasteiger partial charge on any atom is 0.137 e. The van der Waals surface area contributed by atoms with Crippen molar-refractivity contribution in [1.82, 2.24) is 0 Å². The molecule has 1 aromatic carbocycles. The van der Waals surface area contributed by atoms with Gasteiger partial charge in [-0.3, -0.25) is 0 Å². The van der Waals surface area contributed by atoms with Gasteiger partial charge in [0.15, 0.2) is 0 Å². The van der Waals surface area contributed by atoms with E-state index in [1.54, 1.807) is 0 Å². The molecule has 0 bridgehead atoms. The highest BCUT2D eigenvalue weighted by Crippen LogP contribution is 2.39. The summed E-state index contributed by atoms with van der Waals surface area (Å²) in [7, 11) is 0. The fraction of sp³-hybridized carbons (Fsp3) is 0.538. The molecule has 1 unspecified atom stereocenters. The predicted molar refractivity (Wildman–Crippen MR) is 69.4 cm³/mol. The first kappa shape index (κ1) is 13.3. The van der Waals surface area contributed by atoms with Crippen LogP contribution in [0.25, 0.3) is 0 Å². The van der Waals surface area contributed by atoms with E-state index in [1.807, 2.05) is 20.8 Å². The van der Waals surface area contributed by atoms with Gasteiger partial charge in [0.2, 0.25) is 0 Å². The van der Waals surface area contributed by atoms with Gasteiger partial charge in [0.25, 0.3) is 0 Å². The molecule has 0 fully saturated rings. The van der Waals surface area contributed by atoms with Crippen LogP contribution in [0.3, 0.4) is 0 Å². The third-order valence-electron chi connectivity index (χ3n) is 3.36. The van der Waals surface area contributed by atoms with Gasteiger partial charge in [-0.05, 0) is 61.9 Å². The molecular formula is C13H20ClNO. The number of rotatable bonds is 3. The lowest BCUT2D eigenvalue weighted by atomic mass is 9.87. The highest BCUT2D eigenvalue weighted by molar-refractivity contribution is 6.33. The predicted octanol–water partition coefficient (Wildman–Crippen LogP) is 3.42. The Kier molecular flexibility index (Phi) is 4.22. The number of phenols is 1. The summed E-state index contributed by atoms with van der Waals surface area (Å²) in [6.07, 6.45) is 0.933. The molecule has 0 heterocycles. The Balaban J connectivity index is 3.39. The summed E-state index contributed by atoms with van der Waals surface area (Å²) in [4.78, 5) is 0. The Morgan fingerprint density at radius 3 is 2.25 bits per heavy atom. The van der Waals surface area contributed by atoms with E-state index in [0.29, 0.717) is 17.5 Å². The number of hydrogen-bond donors (Lipinski definition) is 2. The second-order valence-electron chi connectivity index (χ2n) is 4.43. The van der Waals surface area contributed by atoms with Crippen LogP contribution < -0.4 is 5.73 Å². The zero-order valence-corrected chi connectivity index (χ0v) is 11.2. The molecule has 0 spiro atoms. The van der Waals surface area contributed by atoms with Gasteiger partial charge in [-0.1, -0.05) is 18.5 Å². The zero-order chi connectivity index (χ0) is 12.5. The summed E-state index contributed by atoms with van der Waals surface area (Å²) < 4.78 is 0. The summed E-state index contributed by atoms with van der Waals surface area (Å²) >= 11 is 6.12. The Morgan fingerprint density at radius 2 is 1.75 bits per heavy atom. The van der Waals surface area contributed by atoms with Crippen molar-refractivity contribution in [2.45, 2.75) is 40.0 Å². The average Bonchev–Trinajstić information content (AvgIpc) is 2.24. The SMILES string of the molecule is Cc1c(C)c(C(C)CCN)c(C)c(Cl)c1O. The molecule has 0 aliphatic heterocycles. The lowest BCUT2D eigenvalue weighted by molar-refractivity contribution is 0.469. The van der Waals surface area contributed by atoms with Crippen molar-refractivity contribution < 1.29 is 5.11 Å². The van der Waals surface area contributed by atoms with Crippen molar-refractivity contribution in [2.75, 3.05) is 6.54 Å². The standard InChI is InChI=1S/C13H20ClNO/c1-7(5-6-15)11-8(2)9(3)13(16)12(14)10(11)4/h7,16H,5-6,15H2,1-4H3. The van der Waals surface area contributed by atoms with Gasteiger partial charge < -0.3 is 10.8 Å². The summed E-state index contributed by atoms with van der Waals surface area (Å²) in [5.41, 5.74) is 9.79. The number of nitrogens with two attached hydrogens (primary N) is 1. The van der Waals surface area contributed by atoms with E-state index in [-0.39, 0.29) is 5.75 Å². The topological polar surface area (TPSA) is 46.2 Å². The van der Waals surface area contributed by atoms with E-state index in [0.717, 1.165) is 23.1 Å². The van der Waals surface area contributed by atoms with E-state index in [4.69, 9.17) is 17.3 Å². The molecule has 0 aliphatic rings. The summed E-state index contributed by atoms with van der Waals surface area (Å²) in [6.45, 7) is 8.69. The average molecular weight is 242 g/mol. The molecule has 0 radical (unpaired) electrons. The molecule has 2 nitrogen and oxygen atoms in total. The Labute approximate surface area is 102 Å². The van der Waals surface area contributed by atoms with Crippen molar-refractivity contribution in [1.29, 1.82) is 0 Å². The molecule has 1 atom stereocenters. The number of benzene rings is 1. The fourth-order valence-corrected chi connectivity index (χ4v) is 2.50. The van der Waals surface area contributed by atoms with E-state index in [2.05, 4.69) is 6.92 Å². The molecule has 16 heavy (non-hydrogen) atoms. The molecular weight excluding hydrogens is 222 g/mol. The van der Waals surface area contributed by atoms with Gasteiger partial charge in [-0.15, -0.1) is 0 Å². The van der Waals surface area contributed by atoms with Gasteiger partial charge in [0.1, 0.15) is 5.75 Å². The normalized spacial score (nSPS) is 12.9. The lowest BCUT2D eigenvalue weighted by Gasteiger charge is -2.21. The van der Waals surface area contributed by atoms with Crippen LogP contribution in [0.2, 0.25) is 5.02 Å². The first-order valence-electron chi connectivity index (χ1n) is 5.60. The van der Waals surface area contributed by atoms with E-state index < -0.39 is 0 Å². The smallest absolute Gasteiger partial charge is 0.137 e. The molecule has 90 valence electrons. The minimum Gasteiger partial charge on any atom is -0.506 e. The van der Waals surface area contributed by atoms with Crippen LogP contribution in [0.4, 0.5) is 0 Å². The third-order valence-corrected chi connectivity index (χ3v) is 3.82. The highest BCUT2D eigenvalue weighted by Gasteiger charge is 2.18. The molecule has 1 rings (SSSR count). The molecule has 0 amide bonds. The minimum absolute atomic E-state index is 0.209. The molecule has 0 aliphatic carbocycles.